The molecule has 5 nitrogen and oxygen atoms in total. The van der Waals surface area contributed by atoms with Crippen molar-refractivity contribution in [1.82, 2.24) is 10.2 Å². The highest BCUT2D eigenvalue weighted by molar-refractivity contribution is 6.16. The smallest absolute Gasteiger partial charge is 0.277 e. The highest BCUT2D eigenvalue weighted by Gasteiger charge is 2.41. The molecule has 0 aromatic carbocycles. The lowest BCUT2D eigenvalue weighted by Gasteiger charge is -2.29. The Balaban J connectivity index is 2.08. The Morgan fingerprint density at radius 1 is 1.31 bits per heavy atom. The fraction of sp³-hybridized carbons (Fsp3) is 0.727. The number of imide groups is 2. The van der Waals surface area contributed by atoms with Gasteiger partial charge in [0.25, 0.3) is 0 Å². The summed E-state index contributed by atoms with van der Waals surface area (Å²) in [4.78, 5) is 36.1. The third kappa shape index (κ3) is 2.08. The minimum atomic E-state index is -0.665. The van der Waals surface area contributed by atoms with E-state index >= 15 is 0 Å². The Kier molecular flexibility index (Phi) is 2.94. The number of carbonyl (C=O) groups is 3. The normalized spacial score (nSPS) is 25.9. The summed E-state index contributed by atoms with van der Waals surface area (Å²) in [5, 5.41) is 2.26. The first kappa shape index (κ1) is 11.1. The average Bonchev–Trinajstić information content (AvgIpc) is 3.03. The number of carbonyl (C=O) groups excluding carboxylic acids is 3. The molecule has 1 unspecified atom stereocenters. The Morgan fingerprint density at radius 2 is 2.00 bits per heavy atom. The van der Waals surface area contributed by atoms with Crippen molar-refractivity contribution >= 4 is 17.8 Å². The molecule has 2 rings (SSSR count). The number of nitrogens with zero attached hydrogens (tertiary/aromatic N) is 1. The number of amides is 4. The van der Waals surface area contributed by atoms with Gasteiger partial charge in [0, 0.05) is 6.54 Å². The van der Waals surface area contributed by atoms with Gasteiger partial charge in [0.2, 0.25) is 11.8 Å². The maximum Gasteiger partial charge on any atom is 0.330 e. The van der Waals surface area contributed by atoms with E-state index in [1.165, 1.54) is 4.90 Å². The maximum absolute atomic E-state index is 11.9. The summed E-state index contributed by atoms with van der Waals surface area (Å²) in [5.74, 6) is -0.974. The van der Waals surface area contributed by atoms with Gasteiger partial charge in [-0.25, -0.2) is 4.79 Å². The highest BCUT2D eigenvalue weighted by Crippen LogP contribution is 2.31. The summed E-state index contributed by atoms with van der Waals surface area (Å²) in [5.41, 5.74) is 0. The lowest BCUT2D eigenvalue weighted by molar-refractivity contribution is -0.143. The SMILES string of the molecule is CCCC1C(=O)NC(=O)N(CC2CC2)C1=O. The molecule has 1 atom stereocenters. The monoisotopic (exact) mass is 224 g/mol. The number of urea groups is 1. The van der Waals surface area contributed by atoms with Gasteiger partial charge in [-0.05, 0) is 25.2 Å². The third-order valence-corrected chi connectivity index (χ3v) is 3.07. The van der Waals surface area contributed by atoms with Crippen LogP contribution < -0.4 is 5.32 Å². The zero-order valence-electron chi connectivity index (χ0n) is 9.36. The number of barbiturate groups is 1. The van der Waals surface area contributed by atoms with Crippen molar-refractivity contribution in [3.05, 3.63) is 0 Å². The first-order valence-electron chi connectivity index (χ1n) is 5.79. The summed E-state index contributed by atoms with van der Waals surface area (Å²) in [6.45, 7) is 2.39. The van der Waals surface area contributed by atoms with Gasteiger partial charge >= 0.3 is 6.03 Å². The Morgan fingerprint density at radius 3 is 2.56 bits per heavy atom. The first-order chi connectivity index (χ1) is 7.63. The van der Waals surface area contributed by atoms with Crippen LogP contribution in [0.1, 0.15) is 32.6 Å². The number of hydrogen-bond acceptors (Lipinski definition) is 3. The van der Waals surface area contributed by atoms with E-state index in [0.29, 0.717) is 18.9 Å². The second kappa shape index (κ2) is 4.23. The van der Waals surface area contributed by atoms with Crippen LogP contribution in [-0.4, -0.2) is 29.3 Å². The van der Waals surface area contributed by atoms with Crippen molar-refractivity contribution < 1.29 is 14.4 Å². The van der Waals surface area contributed by atoms with Crippen LogP contribution in [0.4, 0.5) is 4.79 Å². The van der Waals surface area contributed by atoms with Crippen LogP contribution in [-0.2, 0) is 9.59 Å². The Labute approximate surface area is 94.2 Å². The molecule has 88 valence electrons. The van der Waals surface area contributed by atoms with Crippen LogP contribution >= 0.6 is 0 Å². The molecule has 0 aromatic rings. The largest absolute Gasteiger partial charge is 0.330 e. The molecule has 4 amide bonds. The van der Waals surface area contributed by atoms with Gasteiger partial charge in [-0.3, -0.25) is 19.8 Å². The summed E-state index contributed by atoms with van der Waals surface area (Å²) in [7, 11) is 0. The Bertz CT molecular complexity index is 336. The molecule has 1 N–H and O–H groups in total. The molecule has 1 saturated carbocycles. The molecule has 2 aliphatic rings. The first-order valence-corrected chi connectivity index (χ1v) is 5.79. The molecule has 1 aliphatic heterocycles. The van der Waals surface area contributed by atoms with Crippen molar-refractivity contribution in [2.75, 3.05) is 6.54 Å². The van der Waals surface area contributed by atoms with Crippen molar-refractivity contribution in [2.45, 2.75) is 32.6 Å². The van der Waals surface area contributed by atoms with E-state index in [1.54, 1.807) is 0 Å². The van der Waals surface area contributed by atoms with Crippen LogP contribution in [0.15, 0.2) is 0 Å². The van der Waals surface area contributed by atoms with Gasteiger partial charge in [-0.1, -0.05) is 13.3 Å². The molecule has 0 radical (unpaired) electrons. The number of hydrogen-bond donors (Lipinski definition) is 1. The second-order valence-electron chi connectivity index (χ2n) is 4.53. The van der Waals surface area contributed by atoms with Gasteiger partial charge in [0.15, 0.2) is 0 Å². The molecule has 0 bridgehead atoms. The molecule has 1 heterocycles. The van der Waals surface area contributed by atoms with E-state index < -0.39 is 17.9 Å². The molecule has 1 saturated heterocycles. The van der Waals surface area contributed by atoms with Gasteiger partial charge in [0.05, 0.1) is 0 Å². The van der Waals surface area contributed by atoms with E-state index in [-0.39, 0.29) is 5.91 Å². The van der Waals surface area contributed by atoms with E-state index in [1.807, 2.05) is 6.92 Å². The third-order valence-electron chi connectivity index (χ3n) is 3.07. The zero-order chi connectivity index (χ0) is 11.7. The molecule has 1 aliphatic carbocycles. The van der Waals surface area contributed by atoms with Crippen molar-refractivity contribution in [3.63, 3.8) is 0 Å². The van der Waals surface area contributed by atoms with E-state index in [9.17, 15) is 14.4 Å². The van der Waals surface area contributed by atoms with E-state index in [0.717, 1.165) is 19.3 Å². The Hall–Kier alpha value is -1.39. The fourth-order valence-corrected chi connectivity index (χ4v) is 1.94. The summed E-state index contributed by atoms with van der Waals surface area (Å²) in [6, 6.07) is -0.547. The van der Waals surface area contributed by atoms with Crippen molar-refractivity contribution in [1.29, 1.82) is 0 Å². The molecular weight excluding hydrogens is 208 g/mol. The van der Waals surface area contributed by atoms with Crippen LogP contribution in [0.3, 0.4) is 0 Å². The number of nitrogens with one attached hydrogen (secondary N) is 1. The second-order valence-corrected chi connectivity index (χ2v) is 4.53. The molecule has 16 heavy (non-hydrogen) atoms. The topological polar surface area (TPSA) is 66.5 Å². The molecule has 5 heteroatoms. The van der Waals surface area contributed by atoms with Crippen LogP contribution in [0.5, 0.6) is 0 Å². The summed E-state index contributed by atoms with van der Waals surface area (Å²) < 4.78 is 0. The fourth-order valence-electron chi connectivity index (χ4n) is 1.94. The maximum atomic E-state index is 11.9. The van der Waals surface area contributed by atoms with E-state index in [2.05, 4.69) is 5.32 Å². The van der Waals surface area contributed by atoms with Gasteiger partial charge in [-0.15, -0.1) is 0 Å². The van der Waals surface area contributed by atoms with Gasteiger partial charge in [-0.2, -0.15) is 0 Å². The molecular formula is C11H16N2O3. The lowest BCUT2D eigenvalue weighted by atomic mass is 9.99. The van der Waals surface area contributed by atoms with Gasteiger partial charge in [0.1, 0.15) is 5.92 Å². The predicted octanol–water partition coefficient (Wildman–Crippen LogP) is 0.891. The van der Waals surface area contributed by atoms with E-state index in [4.69, 9.17) is 0 Å². The van der Waals surface area contributed by atoms with Crippen LogP contribution in [0, 0.1) is 11.8 Å². The predicted molar refractivity (Wildman–Crippen MR) is 56.4 cm³/mol. The molecule has 2 fully saturated rings. The van der Waals surface area contributed by atoms with Crippen molar-refractivity contribution in [2.24, 2.45) is 11.8 Å². The summed E-state index contributed by atoms with van der Waals surface area (Å²) >= 11 is 0. The van der Waals surface area contributed by atoms with Gasteiger partial charge < -0.3 is 0 Å². The van der Waals surface area contributed by atoms with Crippen molar-refractivity contribution in [3.8, 4) is 0 Å². The molecule has 0 spiro atoms. The lowest BCUT2D eigenvalue weighted by Crippen LogP contribution is -2.58. The zero-order valence-corrected chi connectivity index (χ0v) is 9.36. The average molecular weight is 224 g/mol. The standard InChI is InChI=1S/C11H16N2O3/c1-2-3-8-9(14)12-11(16)13(10(8)15)6-7-4-5-7/h7-8H,2-6H2,1H3,(H,12,14,16). The summed E-state index contributed by atoms with van der Waals surface area (Å²) in [6.07, 6.45) is 3.42. The molecule has 0 aromatic heterocycles. The highest BCUT2D eigenvalue weighted by atomic mass is 16.2. The quantitative estimate of drug-likeness (QED) is 0.721. The number of rotatable bonds is 4. The van der Waals surface area contributed by atoms with Crippen LogP contribution in [0.25, 0.3) is 0 Å². The minimum absolute atomic E-state index is 0.317. The van der Waals surface area contributed by atoms with Crippen LogP contribution in [0.2, 0.25) is 0 Å². The minimum Gasteiger partial charge on any atom is -0.277 e.